The molecule has 0 atom stereocenters. The fourth-order valence-corrected chi connectivity index (χ4v) is 4.94. The summed E-state index contributed by atoms with van der Waals surface area (Å²) < 4.78 is 40.0. The van der Waals surface area contributed by atoms with Crippen molar-refractivity contribution < 1.29 is 17.6 Å². The molecule has 150 valence electrons. The van der Waals surface area contributed by atoms with Gasteiger partial charge in [0.05, 0.1) is 4.90 Å². The van der Waals surface area contributed by atoms with E-state index in [0.29, 0.717) is 36.9 Å². The summed E-state index contributed by atoms with van der Waals surface area (Å²) in [5, 5.41) is 2.81. The van der Waals surface area contributed by atoms with Gasteiger partial charge in [0.15, 0.2) is 0 Å². The molecule has 0 aromatic heterocycles. The van der Waals surface area contributed by atoms with Crippen LogP contribution in [0.15, 0.2) is 59.5 Å². The lowest BCUT2D eigenvalue weighted by atomic mass is 9.93. The van der Waals surface area contributed by atoms with E-state index < -0.39 is 10.0 Å². The minimum absolute atomic E-state index is 0.0661. The van der Waals surface area contributed by atoms with Gasteiger partial charge in [0.1, 0.15) is 5.82 Å². The Hall–Kier alpha value is -2.25. The number of carbonyl (C=O) groups excluding carboxylic acids is 1. The smallest absolute Gasteiger partial charge is 0.243 e. The van der Waals surface area contributed by atoms with Gasteiger partial charge in [-0.05, 0) is 55.0 Å². The van der Waals surface area contributed by atoms with Crippen molar-refractivity contribution in [3.63, 3.8) is 0 Å². The molecule has 0 aliphatic carbocycles. The number of piperidine rings is 1. The standard InChI is InChI=1S/C21H25FN2O3S/c22-19-6-4-5-18(15-19)16-23-21(25)10-9-17-11-13-24(14-12-17)28(26,27)20-7-2-1-3-8-20/h1-8,15,17H,9-14,16H2,(H,23,25). The molecule has 0 saturated carbocycles. The number of hydrogen-bond donors (Lipinski definition) is 1. The zero-order chi connectivity index (χ0) is 20.0. The highest BCUT2D eigenvalue weighted by atomic mass is 32.2. The molecule has 0 spiro atoms. The molecule has 7 heteroatoms. The summed E-state index contributed by atoms with van der Waals surface area (Å²) in [5.74, 6) is -0.0466. The number of carbonyl (C=O) groups is 1. The summed E-state index contributed by atoms with van der Waals surface area (Å²) in [7, 11) is -3.44. The largest absolute Gasteiger partial charge is 0.352 e. The number of benzene rings is 2. The third-order valence-corrected chi connectivity index (χ3v) is 7.03. The summed E-state index contributed by atoms with van der Waals surface area (Å²) in [4.78, 5) is 12.4. The molecular weight excluding hydrogens is 379 g/mol. The topological polar surface area (TPSA) is 66.5 Å². The molecule has 1 fully saturated rings. The Balaban J connectivity index is 1.41. The fraction of sp³-hybridized carbons (Fsp3) is 0.381. The van der Waals surface area contributed by atoms with E-state index in [0.717, 1.165) is 24.8 Å². The van der Waals surface area contributed by atoms with Gasteiger partial charge in [-0.2, -0.15) is 4.31 Å². The number of hydrogen-bond acceptors (Lipinski definition) is 3. The second-order valence-corrected chi connectivity index (χ2v) is 9.04. The van der Waals surface area contributed by atoms with Crippen LogP contribution in [0.5, 0.6) is 0 Å². The van der Waals surface area contributed by atoms with E-state index in [9.17, 15) is 17.6 Å². The second-order valence-electron chi connectivity index (χ2n) is 7.11. The average Bonchev–Trinajstić information content (AvgIpc) is 2.72. The molecular formula is C21H25FN2O3S. The highest BCUT2D eigenvalue weighted by Crippen LogP contribution is 2.26. The Morgan fingerprint density at radius 1 is 1.07 bits per heavy atom. The van der Waals surface area contributed by atoms with Crippen LogP contribution in [0, 0.1) is 11.7 Å². The molecule has 2 aromatic rings. The first-order valence-electron chi connectivity index (χ1n) is 9.51. The maximum absolute atomic E-state index is 13.1. The quantitative estimate of drug-likeness (QED) is 0.770. The molecule has 1 aliphatic heterocycles. The van der Waals surface area contributed by atoms with Gasteiger partial charge in [-0.1, -0.05) is 30.3 Å². The molecule has 28 heavy (non-hydrogen) atoms. The molecule has 0 bridgehead atoms. The Labute approximate surface area is 165 Å². The SMILES string of the molecule is O=C(CCC1CCN(S(=O)(=O)c2ccccc2)CC1)NCc1cccc(F)c1. The van der Waals surface area contributed by atoms with Crippen molar-refractivity contribution >= 4 is 15.9 Å². The predicted molar refractivity (Wildman–Crippen MR) is 105 cm³/mol. The van der Waals surface area contributed by atoms with Gasteiger partial charge in [-0.15, -0.1) is 0 Å². The number of nitrogens with zero attached hydrogens (tertiary/aromatic N) is 1. The monoisotopic (exact) mass is 404 g/mol. The summed E-state index contributed by atoms with van der Waals surface area (Å²) in [6.07, 6.45) is 2.63. The van der Waals surface area contributed by atoms with Gasteiger partial charge in [0, 0.05) is 26.1 Å². The Kier molecular flexibility index (Phi) is 6.80. The van der Waals surface area contributed by atoms with Gasteiger partial charge in [-0.3, -0.25) is 4.79 Å². The lowest BCUT2D eigenvalue weighted by Gasteiger charge is -2.31. The Bertz CT molecular complexity index is 895. The van der Waals surface area contributed by atoms with Gasteiger partial charge < -0.3 is 5.32 Å². The average molecular weight is 405 g/mol. The first-order valence-corrected chi connectivity index (χ1v) is 11.0. The number of rotatable bonds is 7. The molecule has 2 aromatic carbocycles. The van der Waals surface area contributed by atoms with E-state index in [-0.39, 0.29) is 11.7 Å². The lowest BCUT2D eigenvalue weighted by Crippen LogP contribution is -2.38. The van der Waals surface area contributed by atoms with Gasteiger partial charge in [0.25, 0.3) is 0 Å². The molecule has 1 N–H and O–H groups in total. The Morgan fingerprint density at radius 3 is 2.46 bits per heavy atom. The normalized spacial score (nSPS) is 16.0. The summed E-state index contributed by atoms with van der Waals surface area (Å²) in [6.45, 7) is 1.27. The molecule has 1 saturated heterocycles. The van der Waals surface area contributed by atoms with Crippen molar-refractivity contribution in [2.24, 2.45) is 5.92 Å². The molecule has 5 nitrogen and oxygen atoms in total. The van der Waals surface area contributed by atoms with E-state index in [1.807, 2.05) is 0 Å². The van der Waals surface area contributed by atoms with Crippen LogP contribution in [-0.2, 0) is 21.4 Å². The van der Waals surface area contributed by atoms with E-state index in [2.05, 4.69) is 5.32 Å². The maximum Gasteiger partial charge on any atom is 0.243 e. The highest BCUT2D eigenvalue weighted by Gasteiger charge is 2.29. The van der Waals surface area contributed by atoms with Gasteiger partial charge >= 0.3 is 0 Å². The number of nitrogens with one attached hydrogen (secondary N) is 1. The Morgan fingerprint density at radius 2 is 1.79 bits per heavy atom. The number of amides is 1. The predicted octanol–water partition coefficient (Wildman–Crippen LogP) is 3.32. The first-order chi connectivity index (χ1) is 13.4. The summed E-state index contributed by atoms with van der Waals surface area (Å²) in [5.41, 5.74) is 0.729. The number of sulfonamides is 1. The zero-order valence-corrected chi connectivity index (χ0v) is 16.5. The molecule has 1 amide bonds. The third-order valence-electron chi connectivity index (χ3n) is 5.11. The zero-order valence-electron chi connectivity index (χ0n) is 15.7. The third kappa shape index (κ3) is 5.39. The van der Waals surface area contributed by atoms with Crippen molar-refractivity contribution in [1.29, 1.82) is 0 Å². The van der Waals surface area contributed by atoms with Gasteiger partial charge in [-0.25, -0.2) is 12.8 Å². The molecule has 1 heterocycles. The van der Waals surface area contributed by atoms with Gasteiger partial charge in [0.2, 0.25) is 15.9 Å². The molecule has 3 rings (SSSR count). The van der Waals surface area contributed by atoms with Crippen molar-refractivity contribution in [2.75, 3.05) is 13.1 Å². The van der Waals surface area contributed by atoms with Crippen molar-refractivity contribution in [3.05, 3.63) is 66.0 Å². The highest BCUT2D eigenvalue weighted by molar-refractivity contribution is 7.89. The fourth-order valence-electron chi connectivity index (χ4n) is 3.45. The van der Waals surface area contributed by atoms with Crippen molar-refractivity contribution in [1.82, 2.24) is 9.62 Å². The molecule has 0 unspecified atom stereocenters. The van der Waals surface area contributed by atoms with Crippen LogP contribution in [0.25, 0.3) is 0 Å². The number of halogens is 1. The van der Waals surface area contributed by atoms with Crippen molar-refractivity contribution in [3.8, 4) is 0 Å². The summed E-state index contributed by atoms with van der Waals surface area (Å²) in [6, 6.07) is 14.6. The van der Waals surface area contributed by atoms with E-state index in [1.54, 1.807) is 42.5 Å². The van der Waals surface area contributed by atoms with E-state index >= 15 is 0 Å². The van der Waals surface area contributed by atoms with Crippen LogP contribution in [0.1, 0.15) is 31.2 Å². The minimum atomic E-state index is -3.44. The van der Waals surface area contributed by atoms with Crippen LogP contribution >= 0.6 is 0 Å². The maximum atomic E-state index is 13.1. The van der Waals surface area contributed by atoms with Crippen LogP contribution < -0.4 is 5.32 Å². The lowest BCUT2D eigenvalue weighted by molar-refractivity contribution is -0.121. The first kappa shape index (κ1) is 20.5. The second kappa shape index (κ2) is 9.30. The van der Waals surface area contributed by atoms with E-state index in [4.69, 9.17) is 0 Å². The van der Waals surface area contributed by atoms with E-state index in [1.165, 1.54) is 16.4 Å². The van der Waals surface area contributed by atoms with Crippen LogP contribution in [0.4, 0.5) is 4.39 Å². The van der Waals surface area contributed by atoms with Crippen LogP contribution in [0.2, 0.25) is 0 Å². The molecule has 0 radical (unpaired) electrons. The van der Waals surface area contributed by atoms with Crippen molar-refractivity contribution in [2.45, 2.75) is 37.1 Å². The minimum Gasteiger partial charge on any atom is -0.352 e. The summed E-state index contributed by atoms with van der Waals surface area (Å²) >= 11 is 0. The van der Waals surface area contributed by atoms with Crippen LogP contribution in [-0.4, -0.2) is 31.7 Å². The molecule has 1 aliphatic rings. The van der Waals surface area contributed by atoms with Crippen LogP contribution in [0.3, 0.4) is 0 Å².